The van der Waals surface area contributed by atoms with Crippen molar-refractivity contribution in [1.29, 1.82) is 0 Å². The topological polar surface area (TPSA) is 61.4 Å². The number of aliphatic hydroxyl groups excluding tert-OH is 1. The van der Waals surface area contributed by atoms with Gasteiger partial charge in [0.2, 0.25) is 0 Å². The molecular formula is C11H14N2O2. The first kappa shape index (κ1) is 9.98. The SMILES string of the molecule is O=C(Nc1ccc(CO)cc1)NC1CC1. The molecule has 0 aromatic heterocycles. The summed E-state index contributed by atoms with van der Waals surface area (Å²) in [6.45, 7) is 0.0224. The van der Waals surface area contributed by atoms with Crippen molar-refractivity contribution < 1.29 is 9.90 Å². The maximum absolute atomic E-state index is 11.3. The third-order valence-corrected chi connectivity index (χ3v) is 2.31. The summed E-state index contributed by atoms with van der Waals surface area (Å²) in [4.78, 5) is 11.3. The second kappa shape index (κ2) is 4.31. The molecule has 2 amide bonds. The smallest absolute Gasteiger partial charge is 0.319 e. The number of anilines is 1. The van der Waals surface area contributed by atoms with Crippen LogP contribution < -0.4 is 10.6 Å². The van der Waals surface area contributed by atoms with Crippen LogP contribution in [0.25, 0.3) is 0 Å². The van der Waals surface area contributed by atoms with E-state index in [1.54, 1.807) is 24.3 Å². The molecule has 0 aliphatic heterocycles. The van der Waals surface area contributed by atoms with Crippen molar-refractivity contribution in [2.75, 3.05) is 5.32 Å². The Morgan fingerprint density at radius 3 is 2.53 bits per heavy atom. The number of nitrogens with one attached hydrogen (secondary N) is 2. The zero-order chi connectivity index (χ0) is 10.7. The van der Waals surface area contributed by atoms with Gasteiger partial charge in [-0.15, -0.1) is 0 Å². The van der Waals surface area contributed by atoms with Crippen molar-refractivity contribution in [1.82, 2.24) is 5.32 Å². The van der Waals surface area contributed by atoms with Gasteiger partial charge in [-0.3, -0.25) is 0 Å². The molecule has 80 valence electrons. The Bertz CT molecular complexity index is 344. The minimum absolute atomic E-state index is 0.0224. The predicted octanol–water partition coefficient (Wildman–Crippen LogP) is 1.46. The van der Waals surface area contributed by atoms with Crippen LogP contribution in [0.15, 0.2) is 24.3 Å². The van der Waals surface area contributed by atoms with Gasteiger partial charge in [-0.1, -0.05) is 12.1 Å². The molecule has 1 aliphatic rings. The fourth-order valence-electron chi connectivity index (χ4n) is 1.27. The van der Waals surface area contributed by atoms with Crippen LogP contribution in [-0.4, -0.2) is 17.2 Å². The molecule has 0 saturated heterocycles. The van der Waals surface area contributed by atoms with Gasteiger partial charge in [-0.2, -0.15) is 0 Å². The van der Waals surface area contributed by atoms with E-state index in [1.165, 1.54) is 0 Å². The Kier molecular flexibility index (Phi) is 2.87. The average molecular weight is 206 g/mol. The van der Waals surface area contributed by atoms with Crippen molar-refractivity contribution in [2.24, 2.45) is 0 Å². The van der Waals surface area contributed by atoms with Gasteiger partial charge in [0.05, 0.1) is 6.61 Å². The molecule has 1 aromatic carbocycles. The van der Waals surface area contributed by atoms with Crippen LogP contribution in [0.1, 0.15) is 18.4 Å². The molecule has 4 nitrogen and oxygen atoms in total. The molecule has 0 heterocycles. The fraction of sp³-hybridized carbons (Fsp3) is 0.364. The zero-order valence-electron chi connectivity index (χ0n) is 8.36. The third-order valence-electron chi connectivity index (χ3n) is 2.31. The number of carbonyl (C=O) groups is 1. The Balaban J connectivity index is 1.88. The minimum atomic E-state index is -0.158. The Morgan fingerprint density at radius 2 is 2.00 bits per heavy atom. The summed E-state index contributed by atoms with van der Waals surface area (Å²) in [7, 11) is 0. The van der Waals surface area contributed by atoms with E-state index in [2.05, 4.69) is 10.6 Å². The first-order valence-electron chi connectivity index (χ1n) is 5.05. The van der Waals surface area contributed by atoms with Crippen LogP contribution >= 0.6 is 0 Å². The quantitative estimate of drug-likeness (QED) is 0.701. The highest BCUT2D eigenvalue weighted by atomic mass is 16.3. The Morgan fingerprint density at radius 1 is 1.33 bits per heavy atom. The number of hydrogen-bond acceptors (Lipinski definition) is 2. The maximum Gasteiger partial charge on any atom is 0.319 e. The van der Waals surface area contributed by atoms with Crippen LogP contribution in [0.2, 0.25) is 0 Å². The first-order valence-corrected chi connectivity index (χ1v) is 5.05. The summed E-state index contributed by atoms with van der Waals surface area (Å²) in [5.41, 5.74) is 1.58. The van der Waals surface area contributed by atoms with Crippen LogP contribution in [0.4, 0.5) is 10.5 Å². The number of hydrogen-bond donors (Lipinski definition) is 3. The van der Waals surface area contributed by atoms with Crippen molar-refractivity contribution in [3.63, 3.8) is 0 Å². The van der Waals surface area contributed by atoms with E-state index in [-0.39, 0.29) is 12.6 Å². The average Bonchev–Trinajstić information content (AvgIpc) is 3.03. The second-order valence-corrected chi connectivity index (χ2v) is 3.73. The van der Waals surface area contributed by atoms with E-state index in [9.17, 15) is 4.79 Å². The van der Waals surface area contributed by atoms with Gasteiger partial charge in [0.1, 0.15) is 0 Å². The molecule has 0 atom stereocenters. The maximum atomic E-state index is 11.3. The van der Waals surface area contributed by atoms with E-state index in [0.717, 1.165) is 24.1 Å². The minimum Gasteiger partial charge on any atom is -0.392 e. The highest BCUT2D eigenvalue weighted by Crippen LogP contribution is 2.18. The van der Waals surface area contributed by atoms with E-state index in [1.807, 2.05) is 0 Å². The lowest BCUT2D eigenvalue weighted by Crippen LogP contribution is -2.30. The first-order chi connectivity index (χ1) is 7.28. The van der Waals surface area contributed by atoms with Crippen LogP contribution in [0, 0.1) is 0 Å². The predicted molar refractivity (Wildman–Crippen MR) is 57.5 cm³/mol. The summed E-state index contributed by atoms with van der Waals surface area (Å²) >= 11 is 0. The molecule has 2 rings (SSSR count). The summed E-state index contributed by atoms with van der Waals surface area (Å²) in [6, 6.07) is 7.33. The highest BCUT2D eigenvalue weighted by molar-refractivity contribution is 5.89. The Labute approximate surface area is 88.3 Å². The van der Waals surface area contributed by atoms with Gasteiger partial charge < -0.3 is 15.7 Å². The lowest BCUT2D eigenvalue weighted by atomic mass is 10.2. The molecule has 0 radical (unpaired) electrons. The van der Waals surface area contributed by atoms with Crippen LogP contribution in [0.3, 0.4) is 0 Å². The second-order valence-electron chi connectivity index (χ2n) is 3.73. The van der Waals surface area contributed by atoms with E-state index < -0.39 is 0 Å². The molecule has 1 aromatic rings. The van der Waals surface area contributed by atoms with Gasteiger partial charge >= 0.3 is 6.03 Å². The highest BCUT2D eigenvalue weighted by Gasteiger charge is 2.22. The fourth-order valence-corrected chi connectivity index (χ4v) is 1.27. The zero-order valence-corrected chi connectivity index (χ0v) is 8.36. The normalized spacial score (nSPS) is 14.7. The van der Waals surface area contributed by atoms with Gasteiger partial charge in [-0.25, -0.2) is 4.79 Å². The monoisotopic (exact) mass is 206 g/mol. The van der Waals surface area contributed by atoms with Gasteiger partial charge in [-0.05, 0) is 30.5 Å². The Hall–Kier alpha value is -1.55. The molecule has 4 heteroatoms. The van der Waals surface area contributed by atoms with Crippen molar-refractivity contribution >= 4 is 11.7 Å². The van der Waals surface area contributed by atoms with Crippen LogP contribution in [-0.2, 0) is 6.61 Å². The molecule has 0 unspecified atom stereocenters. The molecule has 0 spiro atoms. The summed E-state index contributed by atoms with van der Waals surface area (Å²) in [6.07, 6.45) is 2.16. The lowest BCUT2D eigenvalue weighted by Gasteiger charge is -2.06. The number of amides is 2. The van der Waals surface area contributed by atoms with Crippen molar-refractivity contribution in [3.05, 3.63) is 29.8 Å². The van der Waals surface area contributed by atoms with Crippen LogP contribution in [0.5, 0.6) is 0 Å². The molecule has 1 fully saturated rings. The molecule has 0 bridgehead atoms. The summed E-state index contributed by atoms with van der Waals surface area (Å²) in [5, 5.41) is 14.4. The van der Waals surface area contributed by atoms with E-state index in [0.29, 0.717) is 6.04 Å². The van der Waals surface area contributed by atoms with E-state index in [4.69, 9.17) is 5.11 Å². The third kappa shape index (κ3) is 2.95. The van der Waals surface area contributed by atoms with Gasteiger partial charge in [0.25, 0.3) is 0 Å². The van der Waals surface area contributed by atoms with Gasteiger partial charge in [0, 0.05) is 11.7 Å². The standard InChI is InChI=1S/C11H14N2O2/c14-7-8-1-3-9(4-2-8)12-11(15)13-10-5-6-10/h1-4,10,14H,5-7H2,(H2,12,13,15). The number of benzene rings is 1. The van der Waals surface area contributed by atoms with E-state index >= 15 is 0 Å². The number of urea groups is 1. The largest absolute Gasteiger partial charge is 0.392 e. The van der Waals surface area contributed by atoms with Gasteiger partial charge in [0.15, 0.2) is 0 Å². The lowest BCUT2D eigenvalue weighted by molar-refractivity contribution is 0.251. The van der Waals surface area contributed by atoms with Crippen molar-refractivity contribution in [2.45, 2.75) is 25.5 Å². The molecule has 15 heavy (non-hydrogen) atoms. The molecule has 1 saturated carbocycles. The molecular weight excluding hydrogens is 192 g/mol. The summed E-state index contributed by atoms with van der Waals surface area (Å²) < 4.78 is 0. The number of rotatable bonds is 3. The molecule has 3 N–H and O–H groups in total. The number of carbonyl (C=O) groups excluding carboxylic acids is 1. The molecule has 1 aliphatic carbocycles. The van der Waals surface area contributed by atoms with Crippen molar-refractivity contribution in [3.8, 4) is 0 Å². The number of aliphatic hydroxyl groups is 1. The summed E-state index contributed by atoms with van der Waals surface area (Å²) in [5.74, 6) is 0.